The van der Waals surface area contributed by atoms with E-state index in [1.165, 1.54) is 0 Å². The Balaban J connectivity index is 1.51. The van der Waals surface area contributed by atoms with Gasteiger partial charge in [0.2, 0.25) is 11.8 Å². The van der Waals surface area contributed by atoms with Gasteiger partial charge < -0.3 is 100.0 Å². The minimum Gasteiger partial charge on any atom is -0.394 e. The fraction of sp³-hybridized carbons (Fsp3) is 0.929. The van der Waals surface area contributed by atoms with Crippen LogP contribution in [0.5, 0.6) is 0 Å². The number of nitrogens with one attached hydrogen (secondary N) is 2. The molecule has 0 aliphatic carbocycles. The lowest BCUT2D eigenvalue weighted by Crippen LogP contribution is -2.69. The molecule has 0 radical (unpaired) electrons. The first-order valence-corrected chi connectivity index (χ1v) is 18.1. The molecule has 26 nitrogen and oxygen atoms in total. The van der Waals surface area contributed by atoms with Crippen molar-refractivity contribution in [1.29, 1.82) is 0 Å². The third kappa shape index (κ3) is 11.0. The van der Waals surface area contributed by atoms with Crippen LogP contribution in [0.25, 0.3) is 0 Å². The Morgan fingerprint density at radius 2 is 1.04 bits per heavy atom. The Bertz CT molecular complexity index is 1380. The molecule has 0 saturated carbocycles. The third-order valence-electron chi connectivity index (χ3n) is 9.19. The summed E-state index contributed by atoms with van der Waals surface area (Å²) in [6.45, 7) is -1.51. The van der Waals surface area contributed by atoms with Gasteiger partial charge in [-0.05, 0) is 0 Å². The molecule has 27 heteroatoms. The van der Waals surface area contributed by atoms with Gasteiger partial charge in [0.25, 0.3) is 0 Å². The molecule has 0 aromatic carbocycles. The van der Waals surface area contributed by atoms with Crippen molar-refractivity contribution in [2.75, 3.05) is 26.4 Å². The average molecular weight is 829 g/mol. The molecule has 4 saturated heterocycles. The molecule has 14 N–H and O–H groups in total. The van der Waals surface area contributed by atoms with Crippen LogP contribution in [0.1, 0.15) is 13.8 Å². The van der Waals surface area contributed by atoms with Crippen molar-refractivity contribution in [3.63, 3.8) is 0 Å². The van der Waals surface area contributed by atoms with Gasteiger partial charge >= 0.3 is 10.4 Å². The molecule has 4 rings (SSSR count). The maximum absolute atomic E-state index is 12.2. The summed E-state index contributed by atoms with van der Waals surface area (Å²) >= 11 is 0. The first-order chi connectivity index (χ1) is 25.7. The summed E-state index contributed by atoms with van der Waals surface area (Å²) in [6.07, 6.45) is -32.8. The molecule has 2 amide bonds. The summed E-state index contributed by atoms with van der Waals surface area (Å²) in [6, 6.07) is -3.15. The van der Waals surface area contributed by atoms with Gasteiger partial charge in [-0.1, -0.05) is 0 Å². The standard InChI is InChI=1S/C28H48N2O24S/c1-7(33)29-13-18(38)23(53-28-22(42)20(40)16(36)12(52-28)6-48-55(44,45)46)10(4-32)51-26(13)47-5-11-17(37)24(14(25(43)49-11)30-8(2)34)54-27-21(41)19(39)15(35)9(3-31)50-27/h9-28,31-32,35-43H,3-6H2,1-2H3,(H,29,33)(H,30,34)(H,44,45,46)/t9-,10-,11-,12-,13-,14-,15+,16+,17+,18-,19+,20+,21-,22-,23-,24-,25+,26-,27+,28+/m1/s1. The second-order valence-electron chi connectivity index (χ2n) is 13.2. The minimum atomic E-state index is -5.04. The first kappa shape index (κ1) is 45.8. The van der Waals surface area contributed by atoms with Gasteiger partial charge in [0, 0.05) is 13.8 Å². The number of rotatable bonds is 14. The van der Waals surface area contributed by atoms with E-state index in [1.54, 1.807) is 0 Å². The van der Waals surface area contributed by atoms with Crippen LogP contribution >= 0.6 is 0 Å². The molecule has 4 fully saturated rings. The second kappa shape index (κ2) is 19.2. The number of aliphatic hydroxyl groups is 11. The number of aliphatic hydroxyl groups excluding tert-OH is 11. The lowest BCUT2D eigenvalue weighted by atomic mass is 9.94. The Morgan fingerprint density at radius 3 is 1.56 bits per heavy atom. The molecular formula is C28H48N2O24S. The van der Waals surface area contributed by atoms with Crippen molar-refractivity contribution in [3.05, 3.63) is 0 Å². The van der Waals surface area contributed by atoms with Crippen molar-refractivity contribution in [1.82, 2.24) is 10.6 Å². The van der Waals surface area contributed by atoms with E-state index in [0.29, 0.717) is 0 Å². The molecule has 0 spiro atoms. The highest BCUT2D eigenvalue weighted by molar-refractivity contribution is 7.80. The fourth-order valence-corrected chi connectivity index (χ4v) is 6.69. The Hall–Kier alpha value is -1.91. The van der Waals surface area contributed by atoms with E-state index in [9.17, 15) is 74.2 Å². The SMILES string of the molecule is CC(=O)N[C@@H]1[C@@H](O[C@@H]2O[C@H](CO)[C@H](O)[C@H](O)[C@H]2O)[C@@H](O)[C@@H](CO[C@@H]2O[C@H](CO)[C@@H](O[C@@H]3O[C@H](COS(=O)(=O)O)[C@H](O)[C@H](O)[C@H]3O)[C@H](O)[C@H]2NC(C)=O)O[C@@H]1O. The first-order valence-electron chi connectivity index (χ1n) is 16.7. The molecule has 4 aliphatic heterocycles. The van der Waals surface area contributed by atoms with Crippen LogP contribution in [0.3, 0.4) is 0 Å². The number of amides is 2. The molecule has 0 aromatic rings. The van der Waals surface area contributed by atoms with Crippen molar-refractivity contribution >= 4 is 22.2 Å². The maximum atomic E-state index is 12.2. The Morgan fingerprint density at radius 1 is 0.564 bits per heavy atom. The third-order valence-corrected chi connectivity index (χ3v) is 9.63. The number of carbonyl (C=O) groups excluding carboxylic acids is 2. The summed E-state index contributed by atoms with van der Waals surface area (Å²) < 4.78 is 74.0. The highest BCUT2D eigenvalue weighted by Crippen LogP contribution is 2.32. The predicted octanol–water partition coefficient (Wildman–Crippen LogP) is -9.63. The molecule has 20 atom stereocenters. The molecule has 4 heterocycles. The van der Waals surface area contributed by atoms with E-state index in [2.05, 4.69) is 14.8 Å². The monoisotopic (exact) mass is 828 g/mol. The molecule has 0 unspecified atom stereocenters. The lowest BCUT2D eigenvalue weighted by molar-refractivity contribution is -0.355. The fourth-order valence-electron chi connectivity index (χ4n) is 6.39. The predicted molar refractivity (Wildman–Crippen MR) is 167 cm³/mol. The number of hydrogen-bond donors (Lipinski definition) is 14. The van der Waals surface area contributed by atoms with Gasteiger partial charge in [-0.25, -0.2) is 4.18 Å². The molecule has 4 aliphatic rings. The van der Waals surface area contributed by atoms with E-state index in [1.807, 2.05) is 0 Å². The van der Waals surface area contributed by atoms with Crippen molar-refractivity contribution in [3.8, 4) is 0 Å². The van der Waals surface area contributed by atoms with Crippen LogP contribution < -0.4 is 10.6 Å². The summed E-state index contributed by atoms with van der Waals surface area (Å²) in [5, 5.41) is 120. The van der Waals surface area contributed by atoms with Crippen LogP contribution in [0.2, 0.25) is 0 Å². The minimum absolute atomic E-state index is 0.731. The van der Waals surface area contributed by atoms with Crippen LogP contribution in [0, 0.1) is 0 Å². The average Bonchev–Trinajstić information content (AvgIpc) is 3.11. The largest absolute Gasteiger partial charge is 0.397 e. The van der Waals surface area contributed by atoms with E-state index < -0.39 is 171 Å². The highest BCUT2D eigenvalue weighted by Gasteiger charge is 2.54. The Kier molecular flexibility index (Phi) is 16.0. The van der Waals surface area contributed by atoms with Crippen molar-refractivity contribution < 1.29 is 116 Å². The lowest BCUT2D eigenvalue weighted by Gasteiger charge is -2.48. The molecular weight excluding hydrogens is 780 g/mol. The molecule has 0 bridgehead atoms. The number of carbonyl (C=O) groups is 2. The topological polar surface area (TPSA) is 409 Å². The van der Waals surface area contributed by atoms with Crippen LogP contribution in [-0.2, 0) is 57.3 Å². The van der Waals surface area contributed by atoms with E-state index in [0.717, 1.165) is 13.8 Å². The summed E-state index contributed by atoms with van der Waals surface area (Å²) in [5.41, 5.74) is 0. The number of ether oxygens (including phenoxy) is 7. The zero-order valence-corrected chi connectivity index (χ0v) is 29.9. The van der Waals surface area contributed by atoms with E-state index in [4.69, 9.17) is 37.7 Å². The van der Waals surface area contributed by atoms with Crippen LogP contribution in [0.4, 0.5) is 0 Å². The van der Waals surface area contributed by atoms with Crippen molar-refractivity contribution in [2.24, 2.45) is 0 Å². The second-order valence-corrected chi connectivity index (χ2v) is 14.3. The van der Waals surface area contributed by atoms with Gasteiger partial charge in [0.15, 0.2) is 25.2 Å². The van der Waals surface area contributed by atoms with Gasteiger partial charge in [-0.2, -0.15) is 8.42 Å². The normalized spacial score (nSPS) is 45.5. The van der Waals surface area contributed by atoms with E-state index in [-0.39, 0.29) is 0 Å². The summed E-state index contributed by atoms with van der Waals surface area (Å²) in [5.74, 6) is -1.50. The van der Waals surface area contributed by atoms with Gasteiger partial charge in [-0.3, -0.25) is 14.1 Å². The van der Waals surface area contributed by atoms with Gasteiger partial charge in [-0.15, -0.1) is 0 Å². The van der Waals surface area contributed by atoms with Crippen molar-refractivity contribution in [2.45, 2.75) is 137 Å². The highest BCUT2D eigenvalue weighted by atomic mass is 32.3. The van der Waals surface area contributed by atoms with E-state index >= 15 is 0 Å². The van der Waals surface area contributed by atoms with Crippen LogP contribution in [0.15, 0.2) is 0 Å². The Labute approximate surface area is 311 Å². The quantitative estimate of drug-likeness (QED) is 0.0723. The smallest absolute Gasteiger partial charge is 0.394 e. The zero-order chi connectivity index (χ0) is 41.1. The van der Waals surface area contributed by atoms with Gasteiger partial charge in [0.1, 0.15) is 97.5 Å². The molecule has 320 valence electrons. The zero-order valence-electron chi connectivity index (χ0n) is 29.0. The maximum Gasteiger partial charge on any atom is 0.397 e. The molecule has 55 heavy (non-hydrogen) atoms. The van der Waals surface area contributed by atoms with Crippen LogP contribution in [-0.4, -0.2) is 230 Å². The summed E-state index contributed by atoms with van der Waals surface area (Å²) in [7, 11) is -5.04. The summed E-state index contributed by atoms with van der Waals surface area (Å²) in [4.78, 5) is 24.1. The molecule has 0 aromatic heterocycles. The number of hydrogen-bond acceptors (Lipinski definition) is 23. The van der Waals surface area contributed by atoms with Gasteiger partial charge in [0.05, 0.1) is 26.4 Å².